The maximum absolute atomic E-state index is 11.0. The van der Waals surface area contributed by atoms with Gasteiger partial charge in [-0.2, -0.15) is 0 Å². The van der Waals surface area contributed by atoms with Crippen molar-refractivity contribution in [2.75, 3.05) is 5.32 Å². The number of rotatable bonds is 5. The normalized spacial score (nSPS) is 11.6. The van der Waals surface area contributed by atoms with E-state index in [1.54, 1.807) is 18.2 Å². The lowest BCUT2D eigenvalue weighted by molar-refractivity contribution is -0.140. The zero-order valence-corrected chi connectivity index (χ0v) is 12.6. The van der Waals surface area contributed by atoms with Crippen molar-refractivity contribution in [3.8, 4) is 0 Å². The van der Waals surface area contributed by atoms with E-state index in [9.17, 15) is 9.59 Å². The van der Waals surface area contributed by atoms with Gasteiger partial charge in [0.25, 0.3) is 0 Å². The van der Waals surface area contributed by atoms with Crippen LogP contribution in [0, 0.1) is 6.92 Å². The van der Waals surface area contributed by atoms with E-state index >= 15 is 0 Å². The molecule has 1 atom stereocenters. The molecule has 1 aromatic carbocycles. The molecular formula is C13H15ClN2O3S. The van der Waals surface area contributed by atoms with Crippen LogP contribution in [0.25, 0.3) is 0 Å². The number of aryl methyl sites for hydroxylation is 1. The van der Waals surface area contributed by atoms with Gasteiger partial charge in [0.2, 0.25) is 0 Å². The van der Waals surface area contributed by atoms with Crippen LogP contribution in [0.5, 0.6) is 0 Å². The van der Waals surface area contributed by atoms with Crippen molar-refractivity contribution in [1.82, 2.24) is 5.32 Å². The molecule has 0 amide bonds. The molecule has 20 heavy (non-hydrogen) atoms. The standard InChI is InChI=1S/C13H15ClN2O3S/c1-7-5-9(14)3-4-10(7)15-13(20)16-11(12(18)19)6-8(2)17/h3-5,11H,6H2,1-2H3,(H,18,19)(H2,15,16,20). The van der Waals surface area contributed by atoms with Crippen molar-refractivity contribution in [2.24, 2.45) is 0 Å². The number of halogens is 1. The van der Waals surface area contributed by atoms with Crippen molar-refractivity contribution < 1.29 is 14.7 Å². The predicted molar refractivity (Wildman–Crippen MR) is 82.3 cm³/mol. The molecule has 3 N–H and O–H groups in total. The molecule has 0 aliphatic carbocycles. The fraction of sp³-hybridized carbons (Fsp3) is 0.308. The Bertz CT molecular complexity index is 548. The Morgan fingerprint density at radius 2 is 2.10 bits per heavy atom. The van der Waals surface area contributed by atoms with Crippen LogP contribution in [0.15, 0.2) is 18.2 Å². The van der Waals surface area contributed by atoms with Crippen LogP contribution in [0.4, 0.5) is 5.69 Å². The minimum absolute atomic E-state index is 0.128. The average molecular weight is 315 g/mol. The van der Waals surface area contributed by atoms with E-state index in [0.29, 0.717) is 5.02 Å². The topological polar surface area (TPSA) is 78.4 Å². The Balaban J connectivity index is 2.70. The van der Waals surface area contributed by atoms with Gasteiger partial charge in [0.15, 0.2) is 5.11 Å². The fourth-order valence-electron chi connectivity index (χ4n) is 1.57. The van der Waals surface area contributed by atoms with Gasteiger partial charge in [-0.15, -0.1) is 0 Å². The number of nitrogens with one attached hydrogen (secondary N) is 2. The molecule has 108 valence electrons. The van der Waals surface area contributed by atoms with Gasteiger partial charge >= 0.3 is 5.97 Å². The van der Waals surface area contributed by atoms with Gasteiger partial charge in [-0.25, -0.2) is 4.79 Å². The number of aliphatic carboxylic acids is 1. The second-order valence-electron chi connectivity index (χ2n) is 4.35. The summed E-state index contributed by atoms with van der Waals surface area (Å²) in [5.74, 6) is -1.35. The number of benzene rings is 1. The summed E-state index contributed by atoms with van der Waals surface area (Å²) in [6.07, 6.45) is -0.128. The third-order valence-electron chi connectivity index (χ3n) is 2.53. The first-order valence-corrected chi connectivity index (χ1v) is 6.64. The van der Waals surface area contributed by atoms with Gasteiger partial charge in [0.1, 0.15) is 11.8 Å². The van der Waals surface area contributed by atoms with Crippen LogP contribution in [0.2, 0.25) is 5.02 Å². The number of carbonyl (C=O) groups is 2. The molecule has 0 saturated carbocycles. The molecule has 0 aromatic heterocycles. The van der Waals surface area contributed by atoms with Crippen LogP contribution < -0.4 is 10.6 Å². The summed E-state index contributed by atoms with van der Waals surface area (Å²) in [6, 6.07) is 4.16. The van der Waals surface area contributed by atoms with Gasteiger partial charge in [0.05, 0.1) is 0 Å². The van der Waals surface area contributed by atoms with E-state index in [0.717, 1.165) is 11.3 Å². The number of carbonyl (C=O) groups excluding carboxylic acids is 1. The van der Waals surface area contributed by atoms with Crippen molar-refractivity contribution >= 4 is 46.4 Å². The highest BCUT2D eigenvalue weighted by Gasteiger charge is 2.20. The molecule has 1 rings (SSSR count). The predicted octanol–water partition coefficient (Wildman–Crippen LogP) is 2.37. The van der Waals surface area contributed by atoms with E-state index in [1.807, 2.05) is 6.92 Å². The summed E-state index contributed by atoms with van der Waals surface area (Å²) in [4.78, 5) is 22.0. The molecule has 0 aliphatic heterocycles. The molecule has 0 bridgehead atoms. The van der Waals surface area contributed by atoms with Crippen molar-refractivity contribution in [3.05, 3.63) is 28.8 Å². The molecule has 0 saturated heterocycles. The minimum atomic E-state index is -1.13. The van der Waals surface area contributed by atoms with E-state index in [-0.39, 0.29) is 17.3 Å². The van der Waals surface area contributed by atoms with Gasteiger partial charge in [-0.05, 0) is 49.8 Å². The highest BCUT2D eigenvalue weighted by atomic mass is 35.5. The number of Topliss-reactive ketones (excluding diaryl/α,β-unsaturated/α-hetero) is 1. The number of ketones is 1. The van der Waals surface area contributed by atoms with E-state index in [4.69, 9.17) is 28.9 Å². The van der Waals surface area contributed by atoms with Crippen molar-refractivity contribution in [2.45, 2.75) is 26.3 Å². The highest BCUT2D eigenvalue weighted by molar-refractivity contribution is 7.80. The average Bonchev–Trinajstić information content (AvgIpc) is 2.31. The van der Waals surface area contributed by atoms with E-state index in [1.165, 1.54) is 6.92 Å². The molecule has 0 fully saturated rings. The Morgan fingerprint density at radius 3 is 2.60 bits per heavy atom. The Hall–Kier alpha value is -1.66. The van der Waals surface area contributed by atoms with Gasteiger partial charge in [-0.3, -0.25) is 4.79 Å². The lowest BCUT2D eigenvalue weighted by Gasteiger charge is -2.17. The van der Waals surface area contributed by atoms with Gasteiger partial charge < -0.3 is 15.7 Å². The maximum Gasteiger partial charge on any atom is 0.326 e. The molecular weight excluding hydrogens is 300 g/mol. The maximum atomic E-state index is 11.0. The lowest BCUT2D eigenvalue weighted by Crippen LogP contribution is -2.43. The first-order valence-electron chi connectivity index (χ1n) is 5.85. The summed E-state index contributed by atoms with van der Waals surface area (Å²) in [5, 5.41) is 15.2. The number of thiocarbonyl (C=S) groups is 1. The van der Waals surface area contributed by atoms with Crippen molar-refractivity contribution in [1.29, 1.82) is 0 Å². The Morgan fingerprint density at radius 1 is 1.45 bits per heavy atom. The SMILES string of the molecule is CC(=O)CC(NC(=S)Nc1ccc(Cl)cc1C)C(=O)O. The van der Waals surface area contributed by atoms with E-state index in [2.05, 4.69) is 10.6 Å². The quantitative estimate of drug-likeness (QED) is 0.724. The molecule has 1 unspecified atom stereocenters. The Labute approximate surface area is 127 Å². The first kappa shape index (κ1) is 16.4. The fourth-order valence-corrected chi connectivity index (χ4v) is 2.05. The number of carboxylic acid groups (broad SMARTS) is 1. The van der Waals surface area contributed by atoms with Crippen molar-refractivity contribution in [3.63, 3.8) is 0 Å². The zero-order chi connectivity index (χ0) is 15.3. The monoisotopic (exact) mass is 314 g/mol. The minimum Gasteiger partial charge on any atom is -0.480 e. The van der Waals surface area contributed by atoms with Crippen LogP contribution in [-0.4, -0.2) is 28.0 Å². The second-order valence-corrected chi connectivity index (χ2v) is 5.20. The number of carboxylic acids is 1. The largest absolute Gasteiger partial charge is 0.480 e. The summed E-state index contributed by atoms with van der Waals surface area (Å²) < 4.78 is 0. The van der Waals surface area contributed by atoms with Gasteiger partial charge in [0, 0.05) is 17.1 Å². The third-order valence-corrected chi connectivity index (χ3v) is 2.99. The molecule has 5 nitrogen and oxygen atoms in total. The van der Waals surface area contributed by atoms with Crippen LogP contribution in [0.1, 0.15) is 18.9 Å². The van der Waals surface area contributed by atoms with Crippen LogP contribution in [-0.2, 0) is 9.59 Å². The van der Waals surface area contributed by atoms with Crippen LogP contribution >= 0.6 is 23.8 Å². The summed E-state index contributed by atoms with van der Waals surface area (Å²) >= 11 is 10.9. The zero-order valence-electron chi connectivity index (χ0n) is 11.1. The summed E-state index contributed by atoms with van der Waals surface area (Å²) in [7, 11) is 0. The Kier molecular flexibility index (Phi) is 5.91. The number of hydrogen-bond donors (Lipinski definition) is 3. The smallest absolute Gasteiger partial charge is 0.326 e. The first-order chi connectivity index (χ1) is 9.29. The third kappa shape index (κ3) is 5.14. The molecule has 0 spiro atoms. The summed E-state index contributed by atoms with van der Waals surface area (Å²) in [6.45, 7) is 3.18. The summed E-state index contributed by atoms with van der Waals surface area (Å²) in [5.41, 5.74) is 1.60. The molecule has 0 heterocycles. The van der Waals surface area contributed by atoms with Gasteiger partial charge in [-0.1, -0.05) is 11.6 Å². The molecule has 7 heteroatoms. The molecule has 0 radical (unpaired) electrons. The molecule has 1 aromatic rings. The number of hydrogen-bond acceptors (Lipinski definition) is 3. The highest BCUT2D eigenvalue weighted by Crippen LogP contribution is 2.19. The number of anilines is 1. The molecule has 0 aliphatic rings. The lowest BCUT2D eigenvalue weighted by atomic mass is 10.1. The van der Waals surface area contributed by atoms with Crippen LogP contribution in [0.3, 0.4) is 0 Å². The second kappa shape index (κ2) is 7.21. The van der Waals surface area contributed by atoms with E-state index < -0.39 is 12.0 Å².